The van der Waals surface area contributed by atoms with E-state index >= 15 is 0 Å². The average Bonchev–Trinajstić information content (AvgIpc) is 3.02. The van der Waals surface area contributed by atoms with Gasteiger partial charge >= 0.3 is 0 Å². The van der Waals surface area contributed by atoms with Crippen LogP contribution in [0.1, 0.15) is 35.9 Å². The minimum atomic E-state index is -0.803. The number of fused-ring (bicyclic) bond motifs is 1. The largest absolute Gasteiger partial charge is 0.386 e. The van der Waals surface area contributed by atoms with Crippen molar-refractivity contribution in [2.45, 2.75) is 25.5 Å². The standard InChI is InChI=1S/C18H18N2O2S/c1-18(2,16(21)12-6-4-3-5-7-12)20-17(22)13-10-15-14(19-11-13)8-9-23-15/h3-11,16,21H,1-2H3,(H,20,22). The quantitative estimate of drug-likeness (QED) is 0.771. The number of nitrogens with zero attached hydrogens (tertiary/aromatic N) is 1. The van der Waals surface area contributed by atoms with Crippen LogP contribution in [0.15, 0.2) is 54.0 Å². The number of hydrogen-bond donors (Lipinski definition) is 2. The summed E-state index contributed by atoms with van der Waals surface area (Å²) in [7, 11) is 0. The smallest absolute Gasteiger partial charge is 0.253 e. The van der Waals surface area contributed by atoms with Crippen LogP contribution >= 0.6 is 11.3 Å². The Bertz CT molecular complexity index is 827. The molecule has 5 heteroatoms. The van der Waals surface area contributed by atoms with Gasteiger partial charge in [-0.15, -0.1) is 11.3 Å². The van der Waals surface area contributed by atoms with Crippen molar-refractivity contribution in [1.82, 2.24) is 10.3 Å². The molecular formula is C18H18N2O2S. The average molecular weight is 326 g/mol. The van der Waals surface area contributed by atoms with Crippen LogP contribution in [-0.4, -0.2) is 21.5 Å². The second-order valence-corrected chi connectivity index (χ2v) is 6.96. The number of benzene rings is 1. The first-order chi connectivity index (χ1) is 11.0. The molecule has 2 N–H and O–H groups in total. The lowest BCUT2D eigenvalue weighted by molar-refractivity contribution is 0.0634. The third-order valence-corrected chi connectivity index (χ3v) is 4.65. The topological polar surface area (TPSA) is 62.2 Å². The van der Waals surface area contributed by atoms with Crippen molar-refractivity contribution < 1.29 is 9.90 Å². The van der Waals surface area contributed by atoms with Gasteiger partial charge in [-0.1, -0.05) is 30.3 Å². The molecule has 1 unspecified atom stereocenters. The zero-order chi connectivity index (χ0) is 16.4. The molecule has 1 aromatic carbocycles. The summed E-state index contributed by atoms with van der Waals surface area (Å²) in [5.41, 5.74) is 1.34. The van der Waals surface area contributed by atoms with Gasteiger partial charge in [0.1, 0.15) is 6.10 Å². The van der Waals surface area contributed by atoms with Crippen molar-refractivity contribution >= 4 is 27.5 Å². The maximum absolute atomic E-state index is 12.5. The van der Waals surface area contributed by atoms with E-state index in [1.807, 2.05) is 47.8 Å². The third-order valence-electron chi connectivity index (χ3n) is 3.80. The minimum Gasteiger partial charge on any atom is -0.386 e. The highest BCUT2D eigenvalue weighted by Crippen LogP contribution is 2.26. The Morgan fingerprint density at radius 1 is 1.26 bits per heavy atom. The number of carbonyl (C=O) groups excluding carboxylic acids is 1. The van der Waals surface area contributed by atoms with Gasteiger partial charge in [0.05, 0.1) is 21.3 Å². The number of carbonyl (C=O) groups is 1. The van der Waals surface area contributed by atoms with E-state index < -0.39 is 11.6 Å². The van der Waals surface area contributed by atoms with Gasteiger partial charge in [0.2, 0.25) is 0 Å². The summed E-state index contributed by atoms with van der Waals surface area (Å²) >= 11 is 1.55. The lowest BCUT2D eigenvalue weighted by atomic mass is 9.91. The van der Waals surface area contributed by atoms with Crippen molar-refractivity contribution in [3.05, 3.63) is 65.2 Å². The molecule has 1 amide bonds. The Morgan fingerprint density at radius 3 is 2.74 bits per heavy atom. The summed E-state index contributed by atoms with van der Waals surface area (Å²) < 4.78 is 0.971. The predicted molar refractivity (Wildman–Crippen MR) is 92.6 cm³/mol. The van der Waals surface area contributed by atoms with E-state index in [-0.39, 0.29) is 5.91 Å². The molecule has 0 radical (unpaired) electrons. The number of pyridine rings is 1. The van der Waals surface area contributed by atoms with E-state index in [4.69, 9.17) is 0 Å². The van der Waals surface area contributed by atoms with Gasteiger partial charge in [-0.2, -0.15) is 0 Å². The summed E-state index contributed by atoms with van der Waals surface area (Å²) in [5, 5.41) is 15.4. The number of rotatable bonds is 4. The number of aliphatic hydroxyl groups is 1. The van der Waals surface area contributed by atoms with Gasteiger partial charge in [-0.05, 0) is 36.9 Å². The van der Waals surface area contributed by atoms with Crippen LogP contribution in [0.3, 0.4) is 0 Å². The van der Waals surface area contributed by atoms with Crippen molar-refractivity contribution in [1.29, 1.82) is 0 Å². The highest BCUT2D eigenvalue weighted by Gasteiger charge is 2.31. The Balaban J connectivity index is 1.80. The first-order valence-electron chi connectivity index (χ1n) is 7.36. The molecule has 4 nitrogen and oxygen atoms in total. The molecule has 0 aliphatic carbocycles. The summed E-state index contributed by atoms with van der Waals surface area (Å²) in [6.45, 7) is 3.61. The zero-order valence-electron chi connectivity index (χ0n) is 13.0. The molecule has 0 bridgehead atoms. The summed E-state index contributed by atoms with van der Waals surface area (Å²) in [4.78, 5) is 16.8. The number of aromatic nitrogens is 1. The SMILES string of the molecule is CC(C)(NC(=O)c1cnc2ccsc2c1)C(O)c1ccccc1. The number of amides is 1. The molecule has 0 spiro atoms. The van der Waals surface area contributed by atoms with Crippen molar-refractivity contribution in [3.8, 4) is 0 Å². The third kappa shape index (κ3) is 3.25. The van der Waals surface area contributed by atoms with E-state index in [2.05, 4.69) is 10.3 Å². The Labute approximate surface area is 138 Å². The van der Waals surface area contributed by atoms with E-state index in [9.17, 15) is 9.90 Å². The first-order valence-corrected chi connectivity index (χ1v) is 8.24. The zero-order valence-corrected chi connectivity index (χ0v) is 13.8. The maximum Gasteiger partial charge on any atom is 0.253 e. The van der Waals surface area contributed by atoms with Crippen LogP contribution < -0.4 is 5.32 Å². The van der Waals surface area contributed by atoms with E-state index in [0.29, 0.717) is 5.56 Å². The van der Waals surface area contributed by atoms with Gasteiger partial charge in [-0.25, -0.2) is 0 Å². The van der Waals surface area contributed by atoms with Crippen molar-refractivity contribution in [2.75, 3.05) is 0 Å². The highest BCUT2D eigenvalue weighted by molar-refractivity contribution is 7.17. The molecule has 2 aromatic heterocycles. The van der Waals surface area contributed by atoms with Crippen LogP contribution in [-0.2, 0) is 0 Å². The van der Waals surface area contributed by atoms with Crippen molar-refractivity contribution in [2.24, 2.45) is 0 Å². The lowest BCUT2D eigenvalue weighted by Crippen LogP contribution is -2.48. The van der Waals surface area contributed by atoms with Gasteiger partial charge < -0.3 is 10.4 Å². The fourth-order valence-corrected chi connectivity index (χ4v) is 3.24. The van der Waals surface area contributed by atoms with Crippen LogP contribution in [0.2, 0.25) is 0 Å². The Kier molecular flexibility index (Phi) is 4.15. The highest BCUT2D eigenvalue weighted by atomic mass is 32.1. The monoisotopic (exact) mass is 326 g/mol. The van der Waals surface area contributed by atoms with E-state index in [0.717, 1.165) is 15.8 Å². The van der Waals surface area contributed by atoms with Crippen LogP contribution in [0.5, 0.6) is 0 Å². The molecule has 0 fully saturated rings. The molecule has 3 rings (SSSR count). The molecule has 3 aromatic rings. The van der Waals surface area contributed by atoms with Gasteiger partial charge in [0.15, 0.2) is 0 Å². The molecule has 0 saturated heterocycles. The van der Waals surface area contributed by atoms with Crippen molar-refractivity contribution in [3.63, 3.8) is 0 Å². The molecule has 0 saturated carbocycles. The molecule has 0 aliphatic rings. The van der Waals surface area contributed by atoms with Gasteiger partial charge in [0.25, 0.3) is 5.91 Å². The normalized spacial score (nSPS) is 13.0. The Hall–Kier alpha value is -2.24. The lowest BCUT2D eigenvalue weighted by Gasteiger charge is -2.32. The van der Waals surface area contributed by atoms with Crippen LogP contribution in [0.4, 0.5) is 0 Å². The second-order valence-electron chi connectivity index (χ2n) is 6.02. The molecular weight excluding hydrogens is 308 g/mol. The maximum atomic E-state index is 12.5. The second kappa shape index (κ2) is 6.10. The Morgan fingerprint density at radius 2 is 2.00 bits per heavy atom. The summed E-state index contributed by atoms with van der Waals surface area (Å²) in [6.07, 6.45) is 0.765. The molecule has 118 valence electrons. The molecule has 2 heterocycles. The van der Waals surface area contributed by atoms with Crippen LogP contribution in [0.25, 0.3) is 10.2 Å². The fourth-order valence-electron chi connectivity index (χ4n) is 2.46. The molecule has 23 heavy (non-hydrogen) atoms. The number of thiophene rings is 1. The molecule has 0 aliphatic heterocycles. The number of nitrogens with one attached hydrogen (secondary N) is 1. The van der Waals surface area contributed by atoms with Gasteiger partial charge in [0, 0.05) is 6.20 Å². The summed E-state index contributed by atoms with van der Waals surface area (Å²) in [6, 6.07) is 13.1. The first kappa shape index (κ1) is 15.6. The van der Waals surface area contributed by atoms with Gasteiger partial charge in [-0.3, -0.25) is 9.78 Å². The van der Waals surface area contributed by atoms with E-state index in [1.54, 1.807) is 31.4 Å². The van der Waals surface area contributed by atoms with Crippen LogP contribution in [0, 0.1) is 0 Å². The van der Waals surface area contributed by atoms with E-state index in [1.165, 1.54) is 0 Å². The number of aliphatic hydroxyl groups excluding tert-OH is 1. The molecule has 1 atom stereocenters. The minimum absolute atomic E-state index is 0.243. The number of hydrogen-bond acceptors (Lipinski definition) is 4. The predicted octanol–water partition coefficient (Wildman–Crippen LogP) is 3.54. The fraction of sp³-hybridized carbons (Fsp3) is 0.222. The summed E-state index contributed by atoms with van der Waals surface area (Å²) in [5.74, 6) is -0.243.